The number of carboxylic acid groups (broad SMARTS) is 1. The van der Waals surface area contributed by atoms with Crippen LogP contribution in [0.25, 0.3) is 0 Å². The summed E-state index contributed by atoms with van der Waals surface area (Å²) in [6.07, 6.45) is 4.79. The summed E-state index contributed by atoms with van der Waals surface area (Å²) in [5.41, 5.74) is 0. The molecule has 0 aromatic heterocycles. The predicted molar refractivity (Wildman–Crippen MR) is 58.3 cm³/mol. The minimum absolute atomic E-state index is 0.0219. The molecule has 1 saturated carbocycles. The molecule has 0 aromatic rings. The Hall–Kier alpha value is -1.10. The highest BCUT2D eigenvalue weighted by Crippen LogP contribution is 2.39. The Labute approximate surface area is 99.5 Å². The van der Waals surface area contributed by atoms with Crippen LogP contribution in [0.4, 0.5) is 0 Å². The molecule has 3 fully saturated rings. The molecule has 5 heteroatoms. The number of carboxylic acids is 1. The number of carbonyl (C=O) groups is 2. The summed E-state index contributed by atoms with van der Waals surface area (Å²) in [5, 5.41) is 11.7. The summed E-state index contributed by atoms with van der Waals surface area (Å²) in [7, 11) is 0. The molecular weight excluding hydrogens is 222 g/mol. The van der Waals surface area contributed by atoms with Crippen molar-refractivity contribution in [2.45, 2.75) is 50.4 Å². The highest BCUT2D eigenvalue weighted by molar-refractivity contribution is 5.86. The van der Waals surface area contributed by atoms with Gasteiger partial charge in [-0.2, -0.15) is 0 Å². The summed E-state index contributed by atoms with van der Waals surface area (Å²) < 4.78 is 5.62. The second-order valence-electron chi connectivity index (χ2n) is 5.38. The molecule has 0 aromatic carbocycles. The van der Waals surface area contributed by atoms with Gasteiger partial charge < -0.3 is 15.2 Å². The zero-order valence-electron chi connectivity index (χ0n) is 9.59. The zero-order valence-corrected chi connectivity index (χ0v) is 9.59. The van der Waals surface area contributed by atoms with Gasteiger partial charge in [0, 0.05) is 0 Å². The summed E-state index contributed by atoms with van der Waals surface area (Å²) in [6.45, 7) is 0. The lowest BCUT2D eigenvalue weighted by atomic mass is 9.88. The van der Waals surface area contributed by atoms with Crippen molar-refractivity contribution in [3.05, 3.63) is 0 Å². The fourth-order valence-electron chi connectivity index (χ4n) is 2.98. The smallest absolute Gasteiger partial charge is 0.326 e. The van der Waals surface area contributed by atoms with Gasteiger partial charge in [-0.3, -0.25) is 4.79 Å². The molecule has 2 bridgehead atoms. The number of rotatable bonds is 4. The highest BCUT2D eigenvalue weighted by Gasteiger charge is 2.46. The molecule has 4 unspecified atom stereocenters. The van der Waals surface area contributed by atoms with E-state index >= 15 is 0 Å². The Balaban J connectivity index is 1.60. The first kappa shape index (κ1) is 11.0. The predicted octanol–water partition coefficient (Wildman–Crippen LogP) is 0.533. The number of nitrogens with one attached hydrogen (secondary N) is 1. The van der Waals surface area contributed by atoms with E-state index in [0.29, 0.717) is 0 Å². The van der Waals surface area contributed by atoms with Crippen LogP contribution in [0.1, 0.15) is 32.1 Å². The SMILES string of the molecule is O=C(NC(C(=O)O)C1CC1)C1CC2CCC1O2. The van der Waals surface area contributed by atoms with E-state index in [-0.39, 0.29) is 30.0 Å². The van der Waals surface area contributed by atoms with Gasteiger partial charge in [0.05, 0.1) is 18.1 Å². The minimum atomic E-state index is -0.912. The van der Waals surface area contributed by atoms with E-state index in [1.54, 1.807) is 0 Å². The molecular formula is C12H17NO4. The third-order valence-electron chi connectivity index (χ3n) is 4.10. The summed E-state index contributed by atoms with van der Waals surface area (Å²) in [4.78, 5) is 23.1. The van der Waals surface area contributed by atoms with E-state index in [1.807, 2.05) is 0 Å². The first-order chi connectivity index (χ1) is 8.15. The molecule has 94 valence electrons. The van der Waals surface area contributed by atoms with Crippen LogP contribution in [0.15, 0.2) is 0 Å². The first-order valence-corrected chi connectivity index (χ1v) is 6.34. The van der Waals surface area contributed by atoms with E-state index < -0.39 is 12.0 Å². The van der Waals surface area contributed by atoms with Crippen LogP contribution in [0.5, 0.6) is 0 Å². The third kappa shape index (κ3) is 2.04. The Morgan fingerprint density at radius 1 is 1.24 bits per heavy atom. The molecule has 3 rings (SSSR count). The number of ether oxygens (including phenoxy) is 1. The maximum atomic E-state index is 12.0. The summed E-state index contributed by atoms with van der Waals surface area (Å²) >= 11 is 0. The van der Waals surface area contributed by atoms with Gasteiger partial charge in [-0.1, -0.05) is 0 Å². The summed E-state index contributed by atoms with van der Waals surface area (Å²) in [6, 6.07) is -0.693. The number of hydrogen-bond donors (Lipinski definition) is 2. The maximum Gasteiger partial charge on any atom is 0.326 e. The van der Waals surface area contributed by atoms with Crippen molar-refractivity contribution < 1.29 is 19.4 Å². The quantitative estimate of drug-likeness (QED) is 0.750. The summed E-state index contributed by atoms with van der Waals surface area (Å²) in [5.74, 6) is -1.04. The standard InChI is InChI=1S/C12H17NO4/c14-11(8-5-7-3-4-9(8)17-7)13-10(12(15)16)6-1-2-6/h6-10H,1-5H2,(H,13,14)(H,15,16). The molecule has 2 heterocycles. The van der Waals surface area contributed by atoms with Crippen LogP contribution in [0.2, 0.25) is 0 Å². The van der Waals surface area contributed by atoms with E-state index in [1.165, 1.54) is 0 Å². The molecule has 2 N–H and O–H groups in total. The van der Waals surface area contributed by atoms with Crippen molar-refractivity contribution in [1.82, 2.24) is 5.32 Å². The van der Waals surface area contributed by atoms with Gasteiger partial charge in [0.25, 0.3) is 0 Å². The lowest BCUT2D eigenvalue weighted by molar-refractivity contribution is -0.143. The van der Waals surface area contributed by atoms with Gasteiger partial charge in [-0.15, -0.1) is 0 Å². The van der Waals surface area contributed by atoms with Crippen LogP contribution in [-0.4, -0.2) is 35.2 Å². The monoisotopic (exact) mass is 239 g/mol. The van der Waals surface area contributed by atoms with Crippen LogP contribution < -0.4 is 5.32 Å². The average molecular weight is 239 g/mol. The van der Waals surface area contributed by atoms with Crippen molar-refractivity contribution in [2.24, 2.45) is 11.8 Å². The van der Waals surface area contributed by atoms with Gasteiger partial charge in [0.1, 0.15) is 6.04 Å². The molecule has 17 heavy (non-hydrogen) atoms. The van der Waals surface area contributed by atoms with Gasteiger partial charge in [0.15, 0.2) is 0 Å². The van der Waals surface area contributed by atoms with E-state index in [9.17, 15) is 9.59 Å². The topological polar surface area (TPSA) is 75.6 Å². The molecule has 0 spiro atoms. The van der Waals surface area contributed by atoms with E-state index in [4.69, 9.17) is 9.84 Å². The van der Waals surface area contributed by atoms with Gasteiger partial charge in [0.2, 0.25) is 5.91 Å². The van der Waals surface area contributed by atoms with Crippen LogP contribution in [0.3, 0.4) is 0 Å². The number of hydrogen-bond acceptors (Lipinski definition) is 3. The van der Waals surface area contributed by atoms with Crippen LogP contribution >= 0.6 is 0 Å². The lowest BCUT2D eigenvalue weighted by Gasteiger charge is -2.21. The fraction of sp³-hybridized carbons (Fsp3) is 0.833. The van der Waals surface area contributed by atoms with E-state index in [2.05, 4.69) is 5.32 Å². The number of fused-ring (bicyclic) bond motifs is 2. The minimum Gasteiger partial charge on any atom is -0.480 e. The molecule has 3 aliphatic rings. The average Bonchev–Trinajstić information content (AvgIpc) is 2.90. The van der Waals surface area contributed by atoms with Gasteiger partial charge in [-0.25, -0.2) is 4.79 Å². The molecule has 2 aliphatic heterocycles. The third-order valence-corrected chi connectivity index (χ3v) is 4.10. The van der Waals surface area contributed by atoms with E-state index in [0.717, 1.165) is 32.1 Å². The molecule has 2 saturated heterocycles. The van der Waals surface area contributed by atoms with Gasteiger partial charge in [-0.05, 0) is 38.0 Å². The Bertz CT molecular complexity index is 352. The van der Waals surface area contributed by atoms with Crippen molar-refractivity contribution in [1.29, 1.82) is 0 Å². The van der Waals surface area contributed by atoms with Gasteiger partial charge >= 0.3 is 5.97 Å². The number of amides is 1. The van der Waals surface area contributed by atoms with Crippen molar-refractivity contribution in [3.63, 3.8) is 0 Å². The van der Waals surface area contributed by atoms with Crippen LogP contribution in [-0.2, 0) is 14.3 Å². The Kier molecular flexibility index (Phi) is 2.58. The molecule has 1 amide bonds. The maximum absolute atomic E-state index is 12.0. The molecule has 1 aliphatic carbocycles. The lowest BCUT2D eigenvalue weighted by Crippen LogP contribution is -2.46. The second kappa shape index (κ2) is 3.98. The highest BCUT2D eigenvalue weighted by atomic mass is 16.5. The number of aliphatic carboxylic acids is 1. The Morgan fingerprint density at radius 2 is 2.00 bits per heavy atom. The fourth-order valence-corrected chi connectivity index (χ4v) is 2.98. The molecule has 0 radical (unpaired) electrons. The first-order valence-electron chi connectivity index (χ1n) is 6.34. The number of carbonyl (C=O) groups excluding carboxylic acids is 1. The normalized spacial score (nSPS) is 36.8. The van der Waals surface area contributed by atoms with Crippen molar-refractivity contribution in [3.8, 4) is 0 Å². The molecule has 5 nitrogen and oxygen atoms in total. The van der Waals surface area contributed by atoms with Crippen molar-refractivity contribution in [2.75, 3.05) is 0 Å². The molecule has 4 atom stereocenters. The zero-order chi connectivity index (χ0) is 12.0. The second-order valence-corrected chi connectivity index (χ2v) is 5.38. The van der Waals surface area contributed by atoms with Crippen molar-refractivity contribution >= 4 is 11.9 Å². The largest absolute Gasteiger partial charge is 0.480 e. The Morgan fingerprint density at radius 3 is 2.47 bits per heavy atom. The van der Waals surface area contributed by atoms with Crippen LogP contribution in [0, 0.1) is 11.8 Å².